The summed E-state index contributed by atoms with van der Waals surface area (Å²) in [5.74, 6) is -0.0498. The second kappa shape index (κ2) is 12.1. The Morgan fingerprint density at radius 2 is 1.62 bits per heavy atom. The Morgan fingerprint density at radius 1 is 0.971 bits per heavy atom. The summed E-state index contributed by atoms with van der Waals surface area (Å²) >= 11 is 1.54. The number of carbonyl (C=O) groups excluding carboxylic acids is 1. The molecule has 3 rings (SSSR count). The van der Waals surface area contributed by atoms with E-state index in [1.54, 1.807) is 48.2 Å². The molecular formula is C27H32N2O3S2. The lowest BCUT2D eigenvalue weighted by Crippen LogP contribution is -2.42. The molecule has 0 fully saturated rings. The van der Waals surface area contributed by atoms with E-state index in [-0.39, 0.29) is 23.3 Å². The van der Waals surface area contributed by atoms with Crippen molar-refractivity contribution in [2.45, 2.75) is 36.5 Å². The minimum atomic E-state index is -3.92. The summed E-state index contributed by atoms with van der Waals surface area (Å²) in [5.41, 5.74) is 2.70. The highest BCUT2D eigenvalue weighted by molar-refractivity contribution is 7.98. The van der Waals surface area contributed by atoms with Crippen LogP contribution in [0.3, 0.4) is 0 Å². The maximum absolute atomic E-state index is 13.5. The van der Waals surface area contributed by atoms with Gasteiger partial charge < -0.3 is 5.32 Å². The maximum atomic E-state index is 13.5. The number of hydrogen-bond acceptors (Lipinski definition) is 4. The first-order valence-corrected chi connectivity index (χ1v) is 14.0. The minimum Gasteiger partial charge on any atom is -0.354 e. The van der Waals surface area contributed by atoms with Crippen molar-refractivity contribution in [1.82, 2.24) is 5.32 Å². The third kappa shape index (κ3) is 6.87. The fraction of sp³-hybridized carbons (Fsp3) is 0.296. The Balaban J connectivity index is 1.77. The molecule has 180 valence electrons. The van der Waals surface area contributed by atoms with Gasteiger partial charge in [0, 0.05) is 11.4 Å². The SMILES string of the molecule is CCC(CNC(=O)CN(c1ccc(C)cc1)S(=O)(=O)c1ccc(SC)cc1)Cc1ccccc1. The molecule has 0 bridgehead atoms. The highest BCUT2D eigenvalue weighted by Crippen LogP contribution is 2.25. The first kappa shape index (κ1) is 25.8. The molecule has 1 atom stereocenters. The van der Waals surface area contributed by atoms with Crippen molar-refractivity contribution in [1.29, 1.82) is 0 Å². The predicted molar refractivity (Wildman–Crippen MR) is 141 cm³/mol. The molecule has 3 aromatic rings. The lowest BCUT2D eigenvalue weighted by Gasteiger charge is -2.25. The van der Waals surface area contributed by atoms with Gasteiger partial charge in [0.1, 0.15) is 6.54 Å². The van der Waals surface area contributed by atoms with Crippen LogP contribution in [0, 0.1) is 12.8 Å². The number of anilines is 1. The first-order valence-electron chi connectivity index (χ1n) is 11.4. The van der Waals surface area contributed by atoms with Crippen molar-refractivity contribution in [3.8, 4) is 0 Å². The van der Waals surface area contributed by atoms with Crippen LogP contribution in [0.2, 0.25) is 0 Å². The zero-order valence-electron chi connectivity index (χ0n) is 19.9. The van der Waals surface area contributed by atoms with Crippen LogP contribution in [-0.4, -0.2) is 33.7 Å². The van der Waals surface area contributed by atoms with Gasteiger partial charge in [-0.1, -0.05) is 61.4 Å². The quantitative estimate of drug-likeness (QED) is 0.366. The van der Waals surface area contributed by atoms with Gasteiger partial charge in [-0.3, -0.25) is 9.10 Å². The van der Waals surface area contributed by atoms with Crippen molar-refractivity contribution in [3.63, 3.8) is 0 Å². The second-order valence-corrected chi connectivity index (χ2v) is 11.0. The Bertz CT molecular complexity index is 1160. The fourth-order valence-electron chi connectivity index (χ4n) is 3.65. The highest BCUT2D eigenvalue weighted by Gasteiger charge is 2.27. The molecule has 1 amide bonds. The number of nitrogens with one attached hydrogen (secondary N) is 1. The van der Waals surface area contributed by atoms with E-state index in [0.717, 1.165) is 23.3 Å². The summed E-state index contributed by atoms with van der Waals surface area (Å²) in [7, 11) is -3.92. The number of carbonyl (C=O) groups is 1. The van der Waals surface area contributed by atoms with Gasteiger partial charge in [-0.25, -0.2) is 8.42 Å². The van der Waals surface area contributed by atoms with Gasteiger partial charge in [0.25, 0.3) is 10.0 Å². The Morgan fingerprint density at radius 3 is 2.21 bits per heavy atom. The molecule has 34 heavy (non-hydrogen) atoms. The number of benzene rings is 3. The van der Waals surface area contributed by atoms with Crippen LogP contribution in [0.1, 0.15) is 24.5 Å². The highest BCUT2D eigenvalue weighted by atomic mass is 32.2. The number of aryl methyl sites for hydroxylation is 1. The maximum Gasteiger partial charge on any atom is 0.264 e. The molecule has 0 saturated carbocycles. The summed E-state index contributed by atoms with van der Waals surface area (Å²) < 4.78 is 28.2. The van der Waals surface area contributed by atoms with Crippen LogP contribution in [0.25, 0.3) is 0 Å². The number of amides is 1. The fourth-order valence-corrected chi connectivity index (χ4v) is 5.48. The lowest BCUT2D eigenvalue weighted by molar-refractivity contribution is -0.119. The van der Waals surface area contributed by atoms with E-state index in [1.807, 2.05) is 43.5 Å². The van der Waals surface area contributed by atoms with Gasteiger partial charge in [-0.2, -0.15) is 0 Å². The zero-order valence-corrected chi connectivity index (χ0v) is 21.5. The largest absolute Gasteiger partial charge is 0.354 e. The van der Waals surface area contributed by atoms with Gasteiger partial charge in [-0.15, -0.1) is 11.8 Å². The van der Waals surface area contributed by atoms with Crippen molar-refractivity contribution in [2.75, 3.05) is 23.7 Å². The Hall–Kier alpha value is -2.77. The van der Waals surface area contributed by atoms with Gasteiger partial charge >= 0.3 is 0 Å². The molecule has 1 unspecified atom stereocenters. The van der Waals surface area contributed by atoms with E-state index in [2.05, 4.69) is 24.4 Å². The van der Waals surface area contributed by atoms with Crippen molar-refractivity contribution in [2.24, 2.45) is 5.92 Å². The second-order valence-electron chi connectivity index (χ2n) is 8.29. The lowest BCUT2D eigenvalue weighted by atomic mass is 9.97. The van der Waals surface area contributed by atoms with Gasteiger partial charge in [0.15, 0.2) is 0 Å². The van der Waals surface area contributed by atoms with E-state index >= 15 is 0 Å². The van der Waals surface area contributed by atoms with E-state index in [9.17, 15) is 13.2 Å². The van der Waals surface area contributed by atoms with E-state index in [4.69, 9.17) is 0 Å². The van der Waals surface area contributed by atoms with Gasteiger partial charge in [-0.05, 0) is 67.5 Å². The summed E-state index contributed by atoms with van der Waals surface area (Å²) in [4.78, 5) is 14.1. The van der Waals surface area contributed by atoms with Crippen molar-refractivity contribution in [3.05, 3.63) is 90.0 Å². The third-order valence-corrected chi connectivity index (χ3v) is 8.32. The summed E-state index contributed by atoms with van der Waals surface area (Å²) in [5, 5.41) is 2.96. The van der Waals surface area contributed by atoms with Crippen LogP contribution in [-0.2, 0) is 21.2 Å². The van der Waals surface area contributed by atoms with Crippen LogP contribution < -0.4 is 9.62 Å². The molecule has 0 aliphatic heterocycles. The number of nitrogens with zero attached hydrogens (tertiary/aromatic N) is 1. The smallest absolute Gasteiger partial charge is 0.264 e. The molecule has 0 aliphatic rings. The summed E-state index contributed by atoms with van der Waals surface area (Å²) in [6.07, 6.45) is 3.71. The molecular weight excluding hydrogens is 464 g/mol. The molecule has 5 nitrogen and oxygen atoms in total. The van der Waals surface area contributed by atoms with Gasteiger partial charge in [0.2, 0.25) is 5.91 Å². The average molecular weight is 497 g/mol. The molecule has 0 aliphatic carbocycles. The number of hydrogen-bond donors (Lipinski definition) is 1. The van der Waals surface area contributed by atoms with E-state index in [1.165, 1.54) is 9.87 Å². The molecule has 0 radical (unpaired) electrons. The Kier molecular flexibility index (Phi) is 9.19. The van der Waals surface area contributed by atoms with Crippen LogP contribution >= 0.6 is 11.8 Å². The van der Waals surface area contributed by atoms with Crippen LogP contribution in [0.4, 0.5) is 5.69 Å². The van der Waals surface area contributed by atoms with Crippen LogP contribution in [0.15, 0.2) is 88.7 Å². The van der Waals surface area contributed by atoms with Gasteiger partial charge in [0.05, 0.1) is 10.6 Å². The van der Waals surface area contributed by atoms with Crippen molar-refractivity contribution >= 4 is 33.4 Å². The minimum absolute atomic E-state index is 0.161. The number of rotatable bonds is 11. The monoisotopic (exact) mass is 496 g/mol. The van der Waals surface area contributed by atoms with Crippen LogP contribution in [0.5, 0.6) is 0 Å². The number of thioether (sulfide) groups is 1. The molecule has 0 saturated heterocycles. The molecule has 0 spiro atoms. The zero-order chi connectivity index (χ0) is 24.6. The predicted octanol–water partition coefficient (Wildman–Crippen LogP) is 5.30. The molecule has 3 aromatic carbocycles. The van der Waals surface area contributed by atoms with E-state index in [0.29, 0.717) is 12.2 Å². The topological polar surface area (TPSA) is 66.5 Å². The Labute approximate surface area is 207 Å². The molecule has 1 N–H and O–H groups in total. The van der Waals surface area contributed by atoms with Crippen molar-refractivity contribution < 1.29 is 13.2 Å². The standard InChI is InChI=1S/C27H32N2O3S2/c1-4-22(18-23-8-6-5-7-9-23)19-28-27(30)20-29(24-12-10-21(2)11-13-24)34(31,32)26-16-14-25(33-3)15-17-26/h5-17,22H,4,18-20H2,1-3H3,(H,28,30). The molecule has 0 heterocycles. The normalized spacial score (nSPS) is 12.2. The average Bonchev–Trinajstić information content (AvgIpc) is 2.86. The first-order chi connectivity index (χ1) is 16.3. The molecule has 0 aromatic heterocycles. The van der Waals surface area contributed by atoms with E-state index < -0.39 is 10.0 Å². The number of sulfonamides is 1. The summed E-state index contributed by atoms with van der Waals surface area (Å²) in [6, 6.07) is 24.1. The third-order valence-electron chi connectivity index (χ3n) is 5.79. The summed E-state index contributed by atoms with van der Waals surface area (Å²) in [6.45, 7) is 4.25. The molecule has 7 heteroatoms.